The zero-order valence-corrected chi connectivity index (χ0v) is 16.7. The van der Waals surface area contributed by atoms with Crippen molar-refractivity contribution in [1.82, 2.24) is 4.90 Å². The number of carbonyl (C=O) groups is 3. The second-order valence-electron chi connectivity index (χ2n) is 8.67. The van der Waals surface area contributed by atoms with Crippen molar-refractivity contribution in [3.63, 3.8) is 0 Å². The van der Waals surface area contributed by atoms with Crippen LogP contribution in [0.2, 0.25) is 0 Å². The topological polar surface area (TPSA) is 98.7 Å². The fourth-order valence-corrected chi connectivity index (χ4v) is 5.16. The molecule has 1 aromatic rings. The summed E-state index contributed by atoms with van der Waals surface area (Å²) < 4.78 is 0. The number of carboxylic acid groups (broad SMARTS) is 1. The number of nitrogens with zero attached hydrogens (tertiary/aromatic N) is 1. The number of nitrogens with one attached hydrogen (secondary N) is 2. The standard InChI is InChI=1S/C22H29N3O4/c26-19(27)9-6-15-5-4-12-25(14-15)21(29)23-16-7-8-18-17(13-16)22(20(28)24-18)10-2-1-3-11-22/h7-8,13,15H,1-6,9-12,14H2,(H,23,29)(H,24,28)(H,26,27). The Morgan fingerprint density at radius 3 is 2.76 bits per heavy atom. The molecular weight excluding hydrogens is 370 g/mol. The molecule has 29 heavy (non-hydrogen) atoms. The van der Waals surface area contributed by atoms with Crippen molar-refractivity contribution in [3.05, 3.63) is 23.8 Å². The zero-order chi connectivity index (χ0) is 20.4. The number of aliphatic carboxylic acids is 1. The van der Waals surface area contributed by atoms with Crippen LogP contribution in [0.3, 0.4) is 0 Å². The molecule has 1 spiro atoms. The van der Waals surface area contributed by atoms with E-state index in [9.17, 15) is 14.4 Å². The monoisotopic (exact) mass is 399 g/mol. The SMILES string of the molecule is O=C(O)CCC1CCCN(C(=O)Nc2ccc3c(c2)C2(CCCCC2)C(=O)N3)C1. The van der Waals surface area contributed by atoms with Gasteiger partial charge in [-0.05, 0) is 61.8 Å². The Hall–Kier alpha value is -2.57. The lowest BCUT2D eigenvalue weighted by Crippen LogP contribution is -2.42. The number of fused-ring (bicyclic) bond motifs is 2. The average Bonchev–Trinajstić information content (AvgIpc) is 2.98. The van der Waals surface area contributed by atoms with E-state index in [0.29, 0.717) is 25.2 Å². The van der Waals surface area contributed by atoms with Gasteiger partial charge < -0.3 is 20.6 Å². The summed E-state index contributed by atoms with van der Waals surface area (Å²) in [5, 5.41) is 14.9. The predicted octanol–water partition coefficient (Wildman–Crippen LogP) is 3.95. The Kier molecular flexibility index (Phi) is 5.48. The highest BCUT2D eigenvalue weighted by Gasteiger charge is 2.47. The minimum Gasteiger partial charge on any atom is -0.481 e. The normalized spacial score (nSPS) is 22.8. The van der Waals surface area contributed by atoms with E-state index in [1.54, 1.807) is 4.90 Å². The summed E-state index contributed by atoms with van der Waals surface area (Å²) in [5.74, 6) is -0.463. The molecule has 3 amide bonds. The quantitative estimate of drug-likeness (QED) is 0.714. The first-order valence-corrected chi connectivity index (χ1v) is 10.7. The van der Waals surface area contributed by atoms with Crippen molar-refractivity contribution in [1.29, 1.82) is 0 Å². The van der Waals surface area contributed by atoms with Crippen LogP contribution < -0.4 is 10.6 Å². The van der Waals surface area contributed by atoms with Crippen molar-refractivity contribution in [2.75, 3.05) is 23.7 Å². The minimum absolute atomic E-state index is 0.0907. The third-order valence-electron chi connectivity index (χ3n) is 6.75. The molecule has 3 N–H and O–H groups in total. The Labute approximate surface area is 170 Å². The number of benzene rings is 1. The number of carboxylic acids is 1. The van der Waals surface area contributed by atoms with E-state index < -0.39 is 11.4 Å². The third-order valence-corrected chi connectivity index (χ3v) is 6.75. The molecule has 1 atom stereocenters. The van der Waals surface area contributed by atoms with E-state index in [1.807, 2.05) is 18.2 Å². The molecule has 0 radical (unpaired) electrons. The van der Waals surface area contributed by atoms with Crippen molar-refractivity contribution in [3.8, 4) is 0 Å². The minimum atomic E-state index is -0.787. The number of anilines is 2. The molecule has 1 aromatic carbocycles. The summed E-state index contributed by atoms with van der Waals surface area (Å²) in [6, 6.07) is 5.53. The van der Waals surface area contributed by atoms with Crippen LogP contribution in [-0.4, -0.2) is 41.0 Å². The van der Waals surface area contributed by atoms with E-state index in [0.717, 1.165) is 49.8 Å². The molecule has 4 rings (SSSR count). The maximum absolute atomic E-state index is 12.8. The van der Waals surface area contributed by atoms with Crippen LogP contribution in [0.15, 0.2) is 18.2 Å². The summed E-state index contributed by atoms with van der Waals surface area (Å²) >= 11 is 0. The van der Waals surface area contributed by atoms with Gasteiger partial charge in [0.1, 0.15) is 0 Å². The Morgan fingerprint density at radius 2 is 2.00 bits per heavy atom. The average molecular weight is 399 g/mol. The van der Waals surface area contributed by atoms with Crippen molar-refractivity contribution < 1.29 is 19.5 Å². The number of likely N-dealkylation sites (tertiary alicyclic amines) is 1. The number of piperidine rings is 1. The van der Waals surface area contributed by atoms with E-state index in [4.69, 9.17) is 5.11 Å². The molecule has 2 heterocycles. The van der Waals surface area contributed by atoms with Crippen LogP contribution in [-0.2, 0) is 15.0 Å². The van der Waals surface area contributed by atoms with Gasteiger partial charge in [0, 0.05) is 30.9 Å². The van der Waals surface area contributed by atoms with Gasteiger partial charge in [0.2, 0.25) is 5.91 Å². The fraction of sp³-hybridized carbons (Fsp3) is 0.591. The molecule has 1 aliphatic carbocycles. The van der Waals surface area contributed by atoms with Crippen molar-refractivity contribution in [2.24, 2.45) is 5.92 Å². The molecule has 1 unspecified atom stereocenters. The summed E-state index contributed by atoms with van der Waals surface area (Å²) in [7, 11) is 0. The van der Waals surface area contributed by atoms with Gasteiger partial charge in [0.05, 0.1) is 5.41 Å². The molecule has 1 saturated heterocycles. The zero-order valence-electron chi connectivity index (χ0n) is 16.7. The first-order chi connectivity index (χ1) is 14.0. The van der Waals surface area contributed by atoms with Crippen LogP contribution in [0.25, 0.3) is 0 Å². The number of hydrogen-bond donors (Lipinski definition) is 3. The van der Waals surface area contributed by atoms with Crippen molar-refractivity contribution in [2.45, 2.75) is 63.2 Å². The van der Waals surface area contributed by atoms with Gasteiger partial charge in [-0.1, -0.05) is 19.3 Å². The molecule has 7 heteroatoms. The van der Waals surface area contributed by atoms with Gasteiger partial charge in [0.15, 0.2) is 0 Å². The number of rotatable bonds is 4. The van der Waals surface area contributed by atoms with Gasteiger partial charge in [-0.15, -0.1) is 0 Å². The lowest BCUT2D eigenvalue weighted by Gasteiger charge is -2.33. The first kappa shape index (κ1) is 19.7. The lowest BCUT2D eigenvalue weighted by atomic mass is 9.70. The van der Waals surface area contributed by atoms with Crippen LogP contribution >= 0.6 is 0 Å². The smallest absolute Gasteiger partial charge is 0.321 e. The second kappa shape index (κ2) is 8.05. The Morgan fingerprint density at radius 1 is 1.21 bits per heavy atom. The van der Waals surface area contributed by atoms with E-state index >= 15 is 0 Å². The van der Waals surface area contributed by atoms with Crippen LogP contribution in [0.5, 0.6) is 0 Å². The van der Waals surface area contributed by atoms with E-state index in [1.165, 1.54) is 6.42 Å². The number of hydrogen-bond acceptors (Lipinski definition) is 3. The molecule has 3 aliphatic rings. The second-order valence-corrected chi connectivity index (χ2v) is 8.67. The van der Waals surface area contributed by atoms with Gasteiger partial charge >= 0.3 is 12.0 Å². The maximum atomic E-state index is 12.8. The summed E-state index contributed by atoms with van der Waals surface area (Å²) in [6.07, 6.45) is 7.60. The Balaban J connectivity index is 1.44. The fourth-order valence-electron chi connectivity index (χ4n) is 5.16. The molecule has 7 nitrogen and oxygen atoms in total. The predicted molar refractivity (Wildman–Crippen MR) is 110 cm³/mol. The highest BCUT2D eigenvalue weighted by Crippen LogP contribution is 2.48. The van der Waals surface area contributed by atoms with E-state index in [2.05, 4.69) is 10.6 Å². The first-order valence-electron chi connectivity index (χ1n) is 10.7. The molecule has 0 aromatic heterocycles. The van der Waals surface area contributed by atoms with E-state index in [-0.39, 0.29) is 24.3 Å². The number of urea groups is 1. The van der Waals surface area contributed by atoms with Crippen LogP contribution in [0, 0.1) is 5.92 Å². The Bertz CT molecular complexity index is 816. The summed E-state index contributed by atoms with van der Waals surface area (Å²) in [5.41, 5.74) is 2.14. The lowest BCUT2D eigenvalue weighted by molar-refractivity contribution is -0.137. The van der Waals surface area contributed by atoms with Crippen LogP contribution in [0.4, 0.5) is 16.2 Å². The molecule has 2 fully saturated rings. The molecule has 2 aliphatic heterocycles. The van der Waals surface area contributed by atoms with Crippen LogP contribution in [0.1, 0.15) is 63.4 Å². The molecule has 156 valence electrons. The van der Waals surface area contributed by atoms with Gasteiger partial charge in [-0.3, -0.25) is 9.59 Å². The molecule has 1 saturated carbocycles. The van der Waals surface area contributed by atoms with Gasteiger partial charge in [-0.2, -0.15) is 0 Å². The summed E-state index contributed by atoms with van der Waals surface area (Å²) in [4.78, 5) is 38.1. The largest absolute Gasteiger partial charge is 0.481 e. The van der Waals surface area contributed by atoms with Crippen molar-refractivity contribution >= 4 is 29.3 Å². The van der Waals surface area contributed by atoms with Gasteiger partial charge in [0.25, 0.3) is 0 Å². The highest BCUT2D eigenvalue weighted by molar-refractivity contribution is 6.07. The summed E-state index contributed by atoms with van der Waals surface area (Å²) in [6.45, 7) is 1.28. The third kappa shape index (κ3) is 3.95. The maximum Gasteiger partial charge on any atom is 0.321 e. The highest BCUT2D eigenvalue weighted by atomic mass is 16.4. The molecular formula is C22H29N3O4. The van der Waals surface area contributed by atoms with Gasteiger partial charge in [-0.25, -0.2) is 4.79 Å². The number of carbonyl (C=O) groups excluding carboxylic acids is 2. The number of amides is 3. The molecule has 0 bridgehead atoms.